The molecule has 4 rings (SSSR count). The molecule has 0 aromatic carbocycles. The highest BCUT2D eigenvalue weighted by molar-refractivity contribution is 7.17. The van der Waals surface area contributed by atoms with Gasteiger partial charge < -0.3 is 15.2 Å². The van der Waals surface area contributed by atoms with Gasteiger partial charge in [0.05, 0.1) is 23.5 Å². The fraction of sp³-hybridized carbons (Fsp3) is 0.667. The fourth-order valence-electron chi connectivity index (χ4n) is 5.36. The molecule has 152 valence electrons. The first-order chi connectivity index (χ1) is 13.4. The zero-order valence-corrected chi connectivity index (χ0v) is 17.1. The summed E-state index contributed by atoms with van der Waals surface area (Å²) in [5, 5.41) is 13.1. The van der Waals surface area contributed by atoms with E-state index in [1.54, 1.807) is 0 Å². The maximum Gasteiger partial charge on any atom is 0.341 e. The molecule has 28 heavy (non-hydrogen) atoms. The van der Waals surface area contributed by atoms with E-state index in [4.69, 9.17) is 4.74 Å². The van der Waals surface area contributed by atoms with Gasteiger partial charge in [0, 0.05) is 4.88 Å². The topological polar surface area (TPSA) is 92.7 Å². The number of hydrogen-bond donors (Lipinski definition) is 2. The van der Waals surface area contributed by atoms with E-state index in [0.717, 1.165) is 55.4 Å². The smallest absolute Gasteiger partial charge is 0.341 e. The van der Waals surface area contributed by atoms with Gasteiger partial charge in [0.15, 0.2) is 0 Å². The van der Waals surface area contributed by atoms with Crippen LogP contribution in [0.25, 0.3) is 0 Å². The van der Waals surface area contributed by atoms with Crippen LogP contribution in [-0.2, 0) is 27.2 Å². The van der Waals surface area contributed by atoms with E-state index in [-0.39, 0.29) is 23.8 Å². The van der Waals surface area contributed by atoms with Crippen molar-refractivity contribution in [2.24, 2.45) is 23.7 Å². The van der Waals surface area contributed by atoms with E-state index in [1.807, 2.05) is 13.8 Å². The molecule has 1 amide bonds. The third-order valence-electron chi connectivity index (χ3n) is 6.46. The van der Waals surface area contributed by atoms with Gasteiger partial charge in [-0.05, 0) is 76.2 Å². The molecule has 1 aromatic heterocycles. The zero-order chi connectivity index (χ0) is 20.0. The number of fused-ring (bicyclic) bond motifs is 3. The molecule has 7 heteroatoms. The number of aliphatic carboxylic acids is 1. The van der Waals surface area contributed by atoms with Crippen LogP contribution in [0.5, 0.6) is 0 Å². The maximum absolute atomic E-state index is 13.1. The Hall–Kier alpha value is -1.89. The molecule has 0 aliphatic heterocycles. The number of anilines is 1. The summed E-state index contributed by atoms with van der Waals surface area (Å²) in [7, 11) is 0. The summed E-state index contributed by atoms with van der Waals surface area (Å²) in [5.74, 6) is -2.42. The second kappa shape index (κ2) is 7.50. The number of carboxylic acids is 1. The second-order valence-corrected chi connectivity index (χ2v) is 9.69. The summed E-state index contributed by atoms with van der Waals surface area (Å²) in [6.07, 6.45) is 6.20. The summed E-state index contributed by atoms with van der Waals surface area (Å²) < 4.78 is 5.44. The average Bonchev–Trinajstić information content (AvgIpc) is 3.32. The largest absolute Gasteiger partial charge is 0.481 e. The number of carbonyl (C=O) groups excluding carboxylic acids is 2. The summed E-state index contributed by atoms with van der Waals surface area (Å²) in [5.41, 5.74) is 1.48. The molecular formula is C21H27NO5S. The van der Waals surface area contributed by atoms with Crippen molar-refractivity contribution in [2.45, 2.75) is 64.9 Å². The van der Waals surface area contributed by atoms with E-state index in [0.29, 0.717) is 10.6 Å². The molecule has 2 fully saturated rings. The minimum Gasteiger partial charge on any atom is -0.481 e. The SMILES string of the molecule is CC(C)OC(=O)c1c(NC(=O)C2C3CCC(C3)C2C(=O)O)sc2c1CCCC2. The van der Waals surface area contributed by atoms with Crippen molar-refractivity contribution in [3.8, 4) is 0 Å². The van der Waals surface area contributed by atoms with Crippen LogP contribution < -0.4 is 5.32 Å². The van der Waals surface area contributed by atoms with E-state index in [1.165, 1.54) is 11.3 Å². The molecule has 0 saturated heterocycles. The molecule has 6 nitrogen and oxygen atoms in total. The number of esters is 1. The lowest BCUT2D eigenvalue weighted by atomic mass is 9.78. The Bertz CT molecular complexity index is 814. The molecule has 2 bridgehead atoms. The monoisotopic (exact) mass is 405 g/mol. The molecule has 3 aliphatic carbocycles. The highest BCUT2D eigenvalue weighted by atomic mass is 32.1. The van der Waals surface area contributed by atoms with Gasteiger partial charge in [-0.1, -0.05) is 0 Å². The van der Waals surface area contributed by atoms with Gasteiger partial charge in [-0.25, -0.2) is 4.79 Å². The molecule has 2 saturated carbocycles. The summed E-state index contributed by atoms with van der Waals surface area (Å²) in [6, 6.07) is 0. The van der Waals surface area contributed by atoms with E-state index in [9.17, 15) is 19.5 Å². The molecule has 4 unspecified atom stereocenters. The Morgan fingerprint density at radius 1 is 1.11 bits per heavy atom. The lowest BCUT2D eigenvalue weighted by Crippen LogP contribution is -2.38. The first kappa shape index (κ1) is 19.4. The Morgan fingerprint density at radius 3 is 2.46 bits per heavy atom. The van der Waals surface area contributed by atoms with E-state index in [2.05, 4.69) is 5.32 Å². The van der Waals surface area contributed by atoms with Crippen LogP contribution in [-0.4, -0.2) is 29.1 Å². The first-order valence-electron chi connectivity index (χ1n) is 10.3. The van der Waals surface area contributed by atoms with Crippen LogP contribution in [0.4, 0.5) is 5.00 Å². The Morgan fingerprint density at radius 2 is 1.79 bits per heavy atom. The molecule has 3 aliphatic rings. The highest BCUT2D eigenvalue weighted by Gasteiger charge is 2.54. The van der Waals surface area contributed by atoms with E-state index < -0.39 is 23.8 Å². The molecule has 1 aromatic rings. The number of rotatable bonds is 5. The number of carbonyl (C=O) groups is 3. The quantitative estimate of drug-likeness (QED) is 0.725. The summed E-state index contributed by atoms with van der Waals surface area (Å²) in [6.45, 7) is 3.61. The van der Waals surface area contributed by atoms with Crippen LogP contribution in [0.2, 0.25) is 0 Å². The number of carboxylic acid groups (broad SMARTS) is 1. The lowest BCUT2D eigenvalue weighted by molar-refractivity contribution is -0.148. The third-order valence-corrected chi connectivity index (χ3v) is 7.67. The van der Waals surface area contributed by atoms with Crippen molar-refractivity contribution in [1.29, 1.82) is 0 Å². The third kappa shape index (κ3) is 3.34. The number of aryl methyl sites for hydroxylation is 1. The fourth-order valence-corrected chi connectivity index (χ4v) is 6.64. The predicted molar refractivity (Wildman–Crippen MR) is 106 cm³/mol. The normalized spacial score (nSPS) is 28.2. The van der Waals surface area contributed by atoms with Crippen molar-refractivity contribution in [1.82, 2.24) is 0 Å². The van der Waals surface area contributed by atoms with Crippen LogP contribution in [0.3, 0.4) is 0 Å². The van der Waals surface area contributed by atoms with Gasteiger partial charge in [-0.3, -0.25) is 9.59 Å². The Kier molecular flexibility index (Phi) is 5.21. The molecule has 2 N–H and O–H groups in total. The van der Waals surface area contributed by atoms with Crippen molar-refractivity contribution < 1.29 is 24.2 Å². The standard InChI is InChI=1S/C21H27NO5S/c1-10(2)27-21(26)17-13-5-3-4-6-14(13)28-19(17)22-18(23)15-11-7-8-12(9-11)16(15)20(24)25/h10-12,15-16H,3-9H2,1-2H3,(H,22,23)(H,24,25). The lowest BCUT2D eigenvalue weighted by Gasteiger charge is -2.27. The minimum absolute atomic E-state index is 0.0974. The van der Waals surface area contributed by atoms with Gasteiger partial charge in [0.1, 0.15) is 5.00 Å². The van der Waals surface area contributed by atoms with Crippen molar-refractivity contribution in [3.63, 3.8) is 0 Å². The summed E-state index contributed by atoms with van der Waals surface area (Å²) >= 11 is 1.45. The first-order valence-corrected chi connectivity index (χ1v) is 11.1. The van der Waals surface area contributed by atoms with Crippen molar-refractivity contribution in [3.05, 3.63) is 16.0 Å². The number of nitrogens with one attached hydrogen (secondary N) is 1. The maximum atomic E-state index is 13.1. The van der Waals surface area contributed by atoms with Gasteiger partial charge in [-0.15, -0.1) is 11.3 Å². The number of ether oxygens (including phenoxy) is 1. The molecule has 0 spiro atoms. The van der Waals surface area contributed by atoms with Gasteiger partial charge >= 0.3 is 11.9 Å². The van der Waals surface area contributed by atoms with Gasteiger partial charge in [0.25, 0.3) is 0 Å². The summed E-state index contributed by atoms with van der Waals surface area (Å²) in [4.78, 5) is 38.8. The van der Waals surface area contributed by atoms with Crippen LogP contribution in [0, 0.1) is 23.7 Å². The van der Waals surface area contributed by atoms with Gasteiger partial charge in [-0.2, -0.15) is 0 Å². The molecular weight excluding hydrogens is 378 g/mol. The molecule has 4 atom stereocenters. The average molecular weight is 406 g/mol. The second-order valence-electron chi connectivity index (χ2n) is 8.58. The Balaban J connectivity index is 1.62. The number of hydrogen-bond acceptors (Lipinski definition) is 5. The highest BCUT2D eigenvalue weighted by Crippen LogP contribution is 2.53. The van der Waals surface area contributed by atoms with Gasteiger partial charge in [0.2, 0.25) is 5.91 Å². The van der Waals surface area contributed by atoms with Crippen LogP contribution in [0.15, 0.2) is 0 Å². The van der Waals surface area contributed by atoms with Crippen molar-refractivity contribution >= 4 is 34.2 Å². The van der Waals surface area contributed by atoms with Crippen LogP contribution >= 0.6 is 11.3 Å². The molecule has 0 radical (unpaired) electrons. The zero-order valence-electron chi connectivity index (χ0n) is 16.3. The van der Waals surface area contributed by atoms with Crippen LogP contribution in [0.1, 0.15) is 66.8 Å². The van der Waals surface area contributed by atoms with E-state index >= 15 is 0 Å². The minimum atomic E-state index is -0.878. The Labute approximate surface area is 168 Å². The molecule has 1 heterocycles. The predicted octanol–water partition coefficient (Wildman–Crippen LogP) is 3.88. The number of amides is 1. The number of thiophene rings is 1. The van der Waals surface area contributed by atoms with Crippen molar-refractivity contribution in [2.75, 3.05) is 5.32 Å².